The molecule has 1 aliphatic carbocycles. The van der Waals surface area contributed by atoms with E-state index in [0.717, 1.165) is 17.9 Å². The van der Waals surface area contributed by atoms with Crippen molar-refractivity contribution in [2.24, 2.45) is 17.3 Å². The molecule has 19 heavy (non-hydrogen) atoms. The van der Waals surface area contributed by atoms with E-state index in [2.05, 4.69) is 44.8 Å². The lowest BCUT2D eigenvalue weighted by molar-refractivity contribution is 0.00304. The second-order valence-corrected chi connectivity index (χ2v) is 7.71. The molecule has 0 spiro atoms. The molecule has 2 nitrogen and oxygen atoms in total. The SMILES string of the molecule is CCC1(CN2CC(C(C)C)NCC2C(C)C)CCC1. The summed E-state index contributed by atoms with van der Waals surface area (Å²) in [5.74, 6) is 1.50. The summed E-state index contributed by atoms with van der Waals surface area (Å²) in [7, 11) is 0. The number of rotatable bonds is 5. The van der Waals surface area contributed by atoms with E-state index >= 15 is 0 Å². The fourth-order valence-electron chi connectivity index (χ4n) is 3.87. The maximum atomic E-state index is 3.78. The number of nitrogens with one attached hydrogen (secondary N) is 1. The molecule has 2 rings (SSSR count). The van der Waals surface area contributed by atoms with Crippen molar-refractivity contribution in [1.82, 2.24) is 10.2 Å². The molecule has 0 radical (unpaired) electrons. The largest absolute Gasteiger partial charge is 0.311 e. The first-order valence-corrected chi connectivity index (χ1v) is 8.45. The van der Waals surface area contributed by atoms with Crippen LogP contribution in [0.2, 0.25) is 0 Å². The van der Waals surface area contributed by atoms with Gasteiger partial charge in [-0.25, -0.2) is 0 Å². The summed E-state index contributed by atoms with van der Waals surface area (Å²) >= 11 is 0. The molecule has 1 saturated heterocycles. The molecule has 1 saturated carbocycles. The second-order valence-electron chi connectivity index (χ2n) is 7.71. The van der Waals surface area contributed by atoms with Gasteiger partial charge in [0.15, 0.2) is 0 Å². The Hall–Kier alpha value is -0.0800. The number of hydrogen-bond acceptors (Lipinski definition) is 2. The van der Waals surface area contributed by atoms with Crippen LogP contribution in [0, 0.1) is 17.3 Å². The van der Waals surface area contributed by atoms with Gasteiger partial charge in [-0.1, -0.05) is 41.0 Å². The van der Waals surface area contributed by atoms with Gasteiger partial charge in [-0.2, -0.15) is 0 Å². The second kappa shape index (κ2) is 6.13. The molecule has 1 aliphatic heterocycles. The molecule has 0 aromatic carbocycles. The average Bonchev–Trinajstić information content (AvgIpc) is 2.33. The summed E-state index contributed by atoms with van der Waals surface area (Å²) in [4.78, 5) is 2.83. The van der Waals surface area contributed by atoms with E-state index in [1.54, 1.807) is 0 Å². The van der Waals surface area contributed by atoms with Gasteiger partial charge in [0, 0.05) is 31.7 Å². The first-order valence-electron chi connectivity index (χ1n) is 8.45. The van der Waals surface area contributed by atoms with E-state index in [0.29, 0.717) is 11.5 Å². The van der Waals surface area contributed by atoms with E-state index in [1.165, 1.54) is 45.3 Å². The zero-order valence-electron chi connectivity index (χ0n) is 13.7. The third-order valence-electron chi connectivity index (χ3n) is 5.77. The van der Waals surface area contributed by atoms with E-state index in [1.807, 2.05) is 0 Å². The van der Waals surface area contributed by atoms with Crippen LogP contribution in [0.15, 0.2) is 0 Å². The maximum absolute atomic E-state index is 3.78. The summed E-state index contributed by atoms with van der Waals surface area (Å²) in [5, 5.41) is 3.78. The number of hydrogen-bond donors (Lipinski definition) is 1. The summed E-state index contributed by atoms with van der Waals surface area (Å²) in [6, 6.07) is 1.42. The van der Waals surface area contributed by atoms with Gasteiger partial charge in [-0.05, 0) is 36.5 Å². The van der Waals surface area contributed by atoms with Crippen molar-refractivity contribution in [3.63, 3.8) is 0 Å². The van der Waals surface area contributed by atoms with Crippen LogP contribution >= 0.6 is 0 Å². The minimum absolute atomic E-state index is 0.659. The molecule has 112 valence electrons. The van der Waals surface area contributed by atoms with Crippen LogP contribution in [0.3, 0.4) is 0 Å². The summed E-state index contributed by atoms with van der Waals surface area (Å²) < 4.78 is 0. The fraction of sp³-hybridized carbons (Fsp3) is 1.00. The number of nitrogens with zero attached hydrogens (tertiary/aromatic N) is 1. The average molecular weight is 266 g/mol. The van der Waals surface area contributed by atoms with Crippen LogP contribution in [0.25, 0.3) is 0 Å². The molecule has 2 atom stereocenters. The molecule has 2 unspecified atom stereocenters. The molecule has 1 heterocycles. The first kappa shape index (κ1) is 15.3. The Bertz CT molecular complexity index is 275. The zero-order chi connectivity index (χ0) is 14.0. The Balaban J connectivity index is 2.03. The standard InChI is InChI=1S/C17H34N2/c1-6-17(8-7-9-17)12-19-11-15(13(2)3)18-10-16(19)14(4)5/h13-16,18H,6-12H2,1-5H3. The molecule has 2 fully saturated rings. The van der Waals surface area contributed by atoms with Crippen LogP contribution in [0.5, 0.6) is 0 Å². The van der Waals surface area contributed by atoms with E-state index in [-0.39, 0.29) is 0 Å². The Morgan fingerprint density at radius 2 is 1.84 bits per heavy atom. The smallest absolute Gasteiger partial charge is 0.0244 e. The summed E-state index contributed by atoms with van der Waals surface area (Å²) in [6.07, 6.45) is 5.75. The highest BCUT2D eigenvalue weighted by molar-refractivity contribution is 4.95. The van der Waals surface area contributed by atoms with E-state index in [9.17, 15) is 0 Å². The molecular weight excluding hydrogens is 232 g/mol. The first-order chi connectivity index (χ1) is 8.97. The van der Waals surface area contributed by atoms with Gasteiger partial charge in [0.25, 0.3) is 0 Å². The highest BCUT2D eigenvalue weighted by Crippen LogP contribution is 2.45. The quantitative estimate of drug-likeness (QED) is 0.819. The fourth-order valence-corrected chi connectivity index (χ4v) is 3.87. The van der Waals surface area contributed by atoms with E-state index in [4.69, 9.17) is 0 Å². The van der Waals surface area contributed by atoms with Crippen molar-refractivity contribution in [2.75, 3.05) is 19.6 Å². The van der Waals surface area contributed by atoms with Crippen LogP contribution < -0.4 is 5.32 Å². The minimum atomic E-state index is 0.659. The number of piperazine rings is 1. The Morgan fingerprint density at radius 3 is 2.26 bits per heavy atom. The van der Waals surface area contributed by atoms with Crippen LogP contribution in [0.4, 0.5) is 0 Å². The highest BCUT2D eigenvalue weighted by atomic mass is 15.2. The van der Waals surface area contributed by atoms with Gasteiger partial charge >= 0.3 is 0 Å². The third kappa shape index (κ3) is 3.33. The van der Waals surface area contributed by atoms with Crippen molar-refractivity contribution in [3.05, 3.63) is 0 Å². The molecule has 2 heteroatoms. The van der Waals surface area contributed by atoms with Crippen LogP contribution in [-0.2, 0) is 0 Å². The van der Waals surface area contributed by atoms with Crippen molar-refractivity contribution in [2.45, 2.75) is 72.4 Å². The lowest BCUT2D eigenvalue weighted by atomic mass is 9.66. The molecule has 2 aliphatic rings. The molecular formula is C17H34N2. The highest BCUT2D eigenvalue weighted by Gasteiger charge is 2.40. The molecule has 0 amide bonds. The van der Waals surface area contributed by atoms with Crippen molar-refractivity contribution in [3.8, 4) is 0 Å². The van der Waals surface area contributed by atoms with Gasteiger partial charge in [-0.3, -0.25) is 4.90 Å². The van der Waals surface area contributed by atoms with Crippen LogP contribution in [0.1, 0.15) is 60.3 Å². The van der Waals surface area contributed by atoms with Gasteiger partial charge in [0.2, 0.25) is 0 Å². The van der Waals surface area contributed by atoms with Crippen molar-refractivity contribution in [1.29, 1.82) is 0 Å². The molecule has 1 N–H and O–H groups in total. The molecule has 0 aromatic rings. The lowest BCUT2D eigenvalue weighted by Crippen LogP contribution is -2.62. The maximum Gasteiger partial charge on any atom is 0.0244 e. The van der Waals surface area contributed by atoms with Gasteiger partial charge in [-0.15, -0.1) is 0 Å². The van der Waals surface area contributed by atoms with Crippen molar-refractivity contribution < 1.29 is 0 Å². The topological polar surface area (TPSA) is 15.3 Å². The van der Waals surface area contributed by atoms with Gasteiger partial charge in [0.1, 0.15) is 0 Å². The molecule has 0 bridgehead atoms. The zero-order valence-corrected chi connectivity index (χ0v) is 13.7. The van der Waals surface area contributed by atoms with E-state index < -0.39 is 0 Å². The monoisotopic (exact) mass is 266 g/mol. The molecule has 0 aromatic heterocycles. The normalized spacial score (nSPS) is 31.7. The Kier molecular flexibility index (Phi) is 4.94. The van der Waals surface area contributed by atoms with Gasteiger partial charge in [0.05, 0.1) is 0 Å². The van der Waals surface area contributed by atoms with Gasteiger partial charge < -0.3 is 5.32 Å². The van der Waals surface area contributed by atoms with Crippen LogP contribution in [-0.4, -0.2) is 36.6 Å². The summed E-state index contributed by atoms with van der Waals surface area (Å²) in [6.45, 7) is 15.6. The minimum Gasteiger partial charge on any atom is -0.311 e. The van der Waals surface area contributed by atoms with Crippen molar-refractivity contribution >= 4 is 0 Å². The lowest BCUT2D eigenvalue weighted by Gasteiger charge is -2.51. The summed E-state index contributed by atoms with van der Waals surface area (Å²) in [5.41, 5.74) is 0.659. The predicted molar refractivity (Wildman–Crippen MR) is 83.4 cm³/mol. The third-order valence-corrected chi connectivity index (χ3v) is 5.77. The Labute approximate surface area is 120 Å². The predicted octanol–water partition coefficient (Wildman–Crippen LogP) is 3.52. The Morgan fingerprint density at radius 1 is 1.16 bits per heavy atom.